The van der Waals surface area contributed by atoms with Gasteiger partial charge in [0, 0.05) is 5.56 Å². The van der Waals surface area contributed by atoms with Crippen LogP contribution in [0.3, 0.4) is 0 Å². The van der Waals surface area contributed by atoms with Gasteiger partial charge in [-0.2, -0.15) is 0 Å². The molecule has 0 aliphatic heterocycles. The molecule has 26 heavy (non-hydrogen) atoms. The molecule has 0 heterocycles. The van der Waals surface area contributed by atoms with Gasteiger partial charge in [-0.15, -0.1) is 0 Å². The maximum absolute atomic E-state index is 12.3. The number of rotatable bonds is 8. The molecule has 0 saturated carbocycles. The lowest BCUT2D eigenvalue weighted by atomic mass is 10.1. The molecule has 6 heteroatoms. The fourth-order valence-electron chi connectivity index (χ4n) is 2.10. The van der Waals surface area contributed by atoms with Crippen molar-refractivity contribution in [2.45, 2.75) is 13.2 Å². The number of esters is 1. The Morgan fingerprint density at radius 3 is 2.38 bits per heavy atom. The third kappa shape index (κ3) is 5.66. The van der Waals surface area contributed by atoms with Gasteiger partial charge in [0.25, 0.3) is 0 Å². The number of hydrogen-bond donors (Lipinski definition) is 0. The summed E-state index contributed by atoms with van der Waals surface area (Å²) in [7, 11) is 1.58. The highest BCUT2D eigenvalue weighted by Crippen LogP contribution is 2.15. The van der Waals surface area contributed by atoms with Crippen LogP contribution in [0.1, 0.15) is 21.5 Å². The number of methoxy groups -OCH3 is 1. The standard InChI is InChI=1S/C20H20O6/c1-3-12-24-20(22)26-14-16-6-4-5-7-18(16)19(21)25-13-15-8-10-17(23-2)11-9-15/h3-11H,1,12-14H2,2H3. The Kier molecular flexibility index (Phi) is 7.24. The largest absolute Gasteiger partial charge is 0.508 e. The van der Waals surface area contributed by atoms with E-state index in [1.54, 1.807) is 43.5 Å². The average Bonchev–Trinajstić information content (AvgIpc) is 2.69. The second kappa shape index (κ2) is 9.88. The molecule has 0 radical (unpaired) electrons. The van der Waals surface area contributed by atoms with Crippen molar-refractivity contribution in [1.82, 2.24) is 0 Å². The summed E-state index contributed by atoms with van der Waals surface area (Å²) in [5.74, 6) is 0.227. The van der Waals surface area contributed by atoms with E-state index in [2.05, 4.69) is 6.58 Å². The van der Waals surface area contributed by atoms with E-state index < -0.39 is 12.1 Å². The highest BCUT2D eigenvalue weighted by Gasteiger charge is 2.14. The van der Waals surface area contributed by atoms with Gasteiger partial charge in [-0.3, -0.25) is 0 Å². The van der Waals surface area contributed by atoms with Gasteiger partial charge in [0.2, 0.25) is 0 Å². The molecule has 0 fully saturated rings. The van der Waals surface area contributed by atoms with Crippen LogP contribution in [0, 0.1) is 0 Å². The van der Waals surface area contributed by atoms with E-state index in [4.69, 9.17) is 18.9 Å². The van der Waals surface area contributed by atoms with Gasteiger partial charge in [0.05, 0.1) is 12.7 Å². The molecule has 2 rings (SSSR count). The van der Waals surface area contributed by atoms with Crippen LogP contribution in [0.25, 0.3) is 0 Å². The quantitative estimate of drug-likeness (QED) is 0.528. The Hall–Kier alpha value is -3.28. The Labute approximate surface area is 151 Å². The first-order valence-electron chi connectivity index (χ1n) is 7.92. The third-order valence-corrected chi connectivity index (χ3v) is 3.43. The summed E-state index contributed by atoms with van der Waals surface area (Å²) in [6.07, 6.45) is 0.609. The normalized spacial score (nSPS) is 9.88. The third-order valence-electron chi connectivity index (χ3n) is 3.43. The van der Waals surface area contributed by atoms with Crippen molar-refractivity contribution in [3.63, 3.8) is 0 Å². The summed E-state index contributed by atoms with van der Waals surface area (Å²) in [4.78, 5) is 23.7. The molecule has 0 saturated heterocycles. The van der Waals surface area contributed by atoms with Crippen molar-refractivity contribution < 1.29 is 28.5 Å². The van der Waals surface area contributed by atoms with Crippen LogP contribution in [-0.2, 0) is 27.4 Å². The van der Waals surface area contributed by atoms with Gasteiger partial charge in [-0.25, -0.2) is 9.59 Å². The van der Waals surface area contributed by atoms with E-state index in [1.807, 2.05) is 12.1 Å². The van der Waals surface area contributed by atoms with Crippen molar-refractivity contribution in [3.8, 4) is 5.75 Å². The van der Waals surface area contributed by atoms with Gasteiger partial charge in [-0.05, 0) is 23.8 Å². The molecule has 0 aliphatic rings. The topological polar surface area (TPSA) is 71.1 Å². The second-order valence-corrected chi connectivity index (χ2v) is 5.22. The second-order valence-electron chi connectivity index (χ2n) is 5.22. The zero-order valence-corrected chi connectivity index (χ0v) is 14.5. The highest BCUT2D eigenvalue weighted by atomic mass is 16.7. The van der Waals surface area contributed by atoms with E-state index in [0.717, 1.165) is 11.3 Å². The van der Waals surface area contributed by atoms with Crippen molar-refractivity contribution in [3.05, 3.63) is 77.9 Å². The molecule has 2 aromatic carbocycles. The molecule has 0 amide bonds. The number of carbonyl (C=O) groups excluding carboxylic acids is 2. The smallest absolute Gasteiger partial charge is 0.497 e. The molecule has 0 bridgehead atoms. The lowest BCUT2D eigenvalue weighted by molar-refractivity contribution is 0.0450. The SMILES string of the molecule is C=CCOC(=O)OCc1ccccc1C(=O)OCc1ccc(OC)cc1. The summed E-state index contributed by atoms with van der Waals surface area (Å²) in [6, 6.07) is 14.0. The molecule has 0 aromatic heterocycles. The zero-order chi connectivity index (χ0) is 18.8. The minimum absolute atomic E-state index is 0.0599. The first-order valence-corrected chi connectivity index (χ1v) is 7.92. The predicted molar refractivity (Wildman–Crippen MR) is 94.9 cm³/mol. The Balaban J connectivity index is 1.95. The average molecular weight is 356 g/mol. The molecule has 6 nitrogen and oxygen atoms in total. The van der Waals surface area contributed by atoms with Crippen LogP contribution in [0.15, 0.2) is 61.2 Å². The van der Waals surface area contributed by atoms with Gasteiger partial charge in [-0.1, -0.05) is 43.0 Å². The molecule has 0 N–H and O–H groups in total. The van der Waals surface area contributed by atoms with Crippen LogP contribution < -0.4 is 4.74 Å². The first kappa shape index (κ1) is 19.1. The molecule has 0 aliphatic carbocycles. The molecule has 0 atom stereocenters. The van der Waals surface area contributed by atoms with Gasteiger partial charge in [0.1, 0.15) is 25.6 Å². The molecule has 0 spiro atoms. The van der Waals surface area contributed by atoms with Crippen molar-refractivity contribution >= 4 is 12.1 Å². The van der Waals surface area contributed by atoms with Crippen molar-refractivity contribution in [2.24, 2.45) is 0 Å². The Bertz CT molecular complexity index is 751. The molecular formula is C20H20O6. The summed E-state index contributed by atoms with van der Waals surface area (Å²) in [5, 5.41) is 0. The fourth-order valence-corrected chi connectivity index (χ4v) is 2.10. The summed E-state index contributed by atoms with van der Waals surface area (Å²) >= 11 is 0. The lowest BCUT2D eigenvalue weighted by Gasteiger charge is -2.10. The summed E-state index contributed by atoms with van der Waals surface area (Å²) < 4.78 is 20.1. The monoisotopic (exact) mass is 356 g/mol. The Morgan fingerprint density at radius 1 is 0.962 bits per heavy atom. The Morgan fingerprint density at radius 2 is 1.69 bits per heavy atom. The highest BCUT2D eigenvalue weighted by molar-refractivity contribution is 5.91. The summed E-state index contributed by atoms with van der Waals surface area (Å²) in [6.45, 7) is 3.53. The summed E-state index contributed by atoms with van der Waals surface area (Å²) in [5.41, 5.74) is 1.70. The van der Waals surface area contributed by atoms with Crippen LogP contribution in [0.5, 0.6) is 5.75 Å². The minimum atomic E-state index is -0.827. The number of benzene rings is 2. The lowest BCUT2D eigenvalue weighted by Crippen LogP contribution is -2.12. The maximum Gasteiger partial charge on any atom is 0.508 e. The van der Waals surface area contributed by atoms with Crippen LogP contribution in [0.4, 0.5) is 4.79 Å². The van der Waals surface area contributed by atoms with E-state index in [0.29, 0.717) is 11.1 Å². The van der Waals surface area contributed by atoms with Crippen LogP contribution in [0.2, 0.25) is 0 Å². The zero-order valence-electron chi connectivity index (χ0n) is 14.5. The number of hydrogen-bond acceptors (Lipinski definition) is 6. The minimum Gasteiger partial charge on any atom is -0.497 e. The fraction of sp³-hybridized carbons (Fsp3) is 0.200. The van der Waals surface area contributed by atoms with Gasteiger partial charge >= 0.3 is 12.1 Å². The van der Waals surface area contributed by atoms with E-state index in [9.17, 15) is 9.59 Å². The van der Waals surface area contributed by atoms with Crippen molar-refractivity contribution in [2.75, 3.05) is 13.7 Å². The van der Waals surface area contributed by atoms with E-state index in [1.165, 1.54) is 6.08 Å². The van der Waals surface area contributed by atoms with Crippen LogP contribution >= 0.6 is 0 Å². The molecular weight excluding hydrogens is 336 g/mol. The number of ether oxygens (including phenoxy) is 4. The molecule has 0 unspecified atom stereocenters. The molecule has 2 aromatic rings. The maximum atomic E-state index is 12.3. The van der Waals surface area contributed by atoms with E-state index >= 15 is 0 Å². The molecule has 136 valence electrons. The number of carbonyl (C=O) groups is 2. The van der Waals surface area contributed by atoms with Gasteiger partial charge < -0.3 is 18.9 Å². The van der Waals surface area contributed by atoms with E-state index in [-0.39, 0.29) is 19.8 Å². The predicted octanol–water partition coefficient (Wildman–Crippen LogP) is 3.89. The van der Waals surface area contributed by atoms with Crippen molar-refractivity contribution in [1.29, 1.82) is 0 Å². The van der Waals surface area contributed by atoms with Crippen LogP contribution in [-0.4, -0.2) is 25.8 Å². The first-order chi connectivity index (χ1) is 12.6. The van der Waals surface area contributed by atoms with Gasteiger partial charge in [0.15, 0.2) is 0 Å².